The monoisotopic (exact) mass is 499 g/mol. The highest BCUT2D eigenvalue weighted by atomic mass is 79.9. The van der Waals surface area contributed by atoms with Gasteiger partial charge in [-0.2, -0.15) is 4.98 Å². The minimum Gasteiger partial charge on any atom is -0.338 e. The third-order valence-electron chi connectivity index (χ3n) is 5.56. The van der Waals surface area contributed by atoms with Crippen LogP contribution < -0.4 is 5.32 Å². The van der Waals surface area contributed by atoms with Gasteiger partial charge < -0.3 is 9.84 Å². The van der Waals surface area contributed by atoms with Crippen molar-refractivity contribution in [2.45, 2.75) is 26.3 Å². The molecule has 4 rings (SSSR count). The summed E-state index contributed by atoms with van der Waals surface area (Å²) in [5.74, 6) is 0.825. The quantitative estimate of drug-likeness (QED) is 0.390. The molecule has 0 aliphatic carbocycles. The van der Waals surface area contributed by atoms with Crippen LogP contribution in [0.3, 0.4) is 0 Å². The number of nitro benzene ring substituents is 1. The Labute approximate surface area is 193 Å². The second kappa shape index (κ2) is 9.58. The maximum Gasteiger partial charge on any atom is 0.271 e. The van der Waals surface area contributed by atoms with Gasteiger partial charge in [-0.1, -0.05) is 39.3 Å². The van der Waals surface area contributed by atoms with Crippen LogP contribution in [0.1, 0.15) is 24.3 Å². The van der Waals surface area contributed by atoms with E-state index in [0.29, 0.717) is 36.8 Å². The Balaban J connectivity index is 1.31. The number of likely N-dealkylation sites (tertiary alicyclic amines) is 1. The number of aromatic nitrogens is 2. The number of anilines is 1. The number of halogens is 1. The molecule has 2 aromatic carbocycles. The standard InChI is InChI=1S/C22H22BrN5O4/c1-14-5-6-18(28(30)31)12-19(14)24-22(29)15-7-9-27(10-8-15)13-20-25-21(26-32-20)16-3-2-4-17(23)11-16/h2-6,11-12,15H,7-10,13H2,1H3,(H,24,29). The van der Waals surface area contributed by atoms with Crippen LogP contribution >= 0.6 is 15.9 Å². The zero-order valence-corrected chi connectivity index (χ0v) is 19.0. The number of rotatable bonds is 6. The number of aryl methyl sites for hydroxylation is 1. The van der Waals surface area contributed by atoms with Crippen molar-refractivity contribution in [2.24, 2.45) is 5.92 Å². The van der Waals surface area contributed by atoms with Gasteiger partial charge in [0.1, 0.15) is 0 Å². The summed E-state index contributed by atoms with van der Waals surface area (Å²) >= 11 is 3.44. The molecule has 1 aromatic heterocycles. The van der Waals surface area contributed by atoms with Crippen LogP contribution in [0.2, 0.25) is 0 Å². The van der Waals surface area contributed by atoms with Crippen LogP contribution in [0.4, 0.5) is 11.4 Å². The molecule has 0 saturated carbocycles. The number of benzene rings is 2. The first kappa shape index (κ1) is 22.1. The molecule has 1 aliphatic rings. The zero-order valence-electron chi connectivity index (χ0n) is 17.5. The van der Waals surface area contributed by atoms with Crippen molar-refractivity contribution in [3.8, 4) is 11.4 Å². The second-order valence-corrected chi connectivity index (χ2v) is 8.73. The van der Waals surface area contributed by atoms with Gasteiger partial charge in [0.2, 0.25) is 17.6 Å². The summed E-state index contributed by atoms with van der Waals surface area (Å²) in [5, 5.41) is 17.9. The number of piperidine rings is 1. The predicted molar refractivity (Wildman–Crippen MR) is 122 cm³/mol. The largest absolute Gasteiger partial charge is 0.338 e. The molecule has 0 radical (unpaired) electrons. The van der Waals surface area contributed by atoms with E-state index in [1.807, 2.05) is 31.2 Å². The molecule has 0 spiro atoms. The molecule has 1 aliphatic heterocycles. The van der Waals surface area contributed by atoms with E-state index in [1.165, 1.54) is 12.1 Å². The molecule has 1 saturated heterocycles. The lowest BCUT2D eigenvalue weighted by Gasteiger charge is -2.30. The molecule has 32 heavy (non-hydrogen) atoms. The first-order valence-electron chi connectivity index (χ1n) is 10.3. The van der Waals surface area contributed by atoms with Crippen LogP contribution in [-0.4, -0.2) is 39.0 Å². The molecule has 10 heteroatoms. The Kier molecular flexibility index (Phi) is 6.61. The fraction of sp³-hybridized carbons (Fsp3) is 0.318. The van der Waals surface area contributed by atoms with E-state index in [9.17, 15) is 14.9 Å². The zero-order chi connectivity index (χ0) is 22.7. The van der Waals surface area contributed by atoms with Crippen molar-refractivity contribution < 1.29 is 14.2 Å². The third-order valence-corrected chi connectivity index (χ3v) is 6.05. The van der Waals surface area contributed by atoms with Crippen molar-refractivity contribution in [3.05, 3.63) is 68.5 Å². The molecule has 0 bridgehead atoms. The van der Waals surface area contributed by atoms with Crippen molar-refractivity contribution in [1.82, 2.24) is 15.0 Å². The number of carbonyl (C=O) groups excluding carboxylic acids is 1. The van der Waals surface area contributed by atoms with Gasteiger partial charge in [-0.05, 0) is 50.6 Å². The van der Waals surface area contributed by atoms with Crippen molar-refractivity contribution in [3.63, 3.8) is 0 Å². The minimum atomic E-state index is -0.465. The maximum atomic E-state index is 12.7. The lowest BCUT2D eigenvalue weighted by atomic mass is 9.95. The highest BCUT2D eigenvalue weighted by Gasteiger charge is 2.26. The van der Waals surface area contributed by atoms with E-state index in [4.69, 9.17) is 4.52 Å². The van der Waals surface area contributed by atoms with E-state index in [2.05, 4.69) is 36.3 Å². The smallest absolute Gasteiger partial charge is 0.271 e. The van der Waals surface area contributed by atoms with Gasteiger partial charge in [0, 0.05) is 28.1 Å². The average molecular weight is 500 g/mol. The molecular weight excluding hydrogens is 478 g/mol. The maximum absolute atomic E-state index is 12.7. The van der Waals surface area contributed by atoms with Crippen LogP contribution in [0.5, 0.6) is 0 Å². The Bertz CT molecular complexity index is 1140. The second-order valence-electron chi connectivity index (χ2n) is 7.82. The molecule has 3 aromatic rings. The van der Waals surface area contributed by atoms with E-state index < -0.39 is 4.92 Å². The summed E-state index contributed by atoms with van der Waals surface area (Å²) < 4.78 is 6.35. The van der Waals surface area contributed by atoms with Crippen LogP contribution in [0.25, 0.3) is 11.4 Å². The van der Waals surface area contributed by atoms with Crippen molar-refractivity contribution in [1.29, 1.82) is 0 Å². The first-order valence-corrected chi connectivity index (χ1v) is 11.0. The van der Waals surface area contributed by atoms with E-state index in [0.717, 1.165) is 28.7 Å². The molecule has 2 heterocycles. The normalized spacial score (nSPS) is 14.9. The fourth-order valence-electron chi connectivity index (χ4n) is 3.70. The summed E-state index contributed by atoms with van der Waals surface area (Å²) in [6.07, 6.45) is 1.37. The molecule has 0 unspecified atom stereocenters. The molecule has 9 nitrogen and oxygen atoms in total. The number of hydrogen-bond acceptors (Lipinski definition) is 7. The Morgan fingerprint density at radius 2 is 2.06 bits per heavy atom. The van der Waals surface area contributed by atoms with Gasteiger partial charge in [-0.15, -0.1) is 0 Å². The number of non-ortho nitro benzene ring substituents is 1. The lowest BCUT2D eigenvalue weighted by molar-refractivity contribution is -0.384. The summed E-state index contributed by atoms with van der Waals surface area (Å²) in [6, 6.07) is 12.2. The molecule has 1 amide bonds. The third kappa shape index (κ3) is 5.20. The number of amides is 1. The molecule has 1 fully saturated rings. The predicted octanol–water partition coefficient (Wildman–Crippen LogP) is 4.57. The van der Waals surface area contributed by atoms with Gasteiger partial charge in [-0.3, -0.25) is 19.8 Å². The minimum absolute atomic E-state index is 0.0393. The average Bonchev–Trinajstić information content (AvgIpc) is 3.24. The van der Waals surface area contributed by atoms with Crippen LogP contribution in [-0.2, 0) is 11.3 Å². The van der Waals surface area contributed by atoms with Crippen molar-refractivity contribution >= 4 is 33.2 Å². The number of nitro groups is 1. The molecule has 1 N–H and O–H groups in total. The Morgan fingerprint density at radius 1 is 1.28 bits per heavy atom. The number of nitrogens with one attached hydrogen (secondary N) is 1. The first-order chi connectivity index (χ1) is 15.4. The highest BCUT2D eigenvalue weighted by Crippen LogP contribution is 2.26. The van der Waals surface area contributed by atoms with E-state index >= 15 is 0 Å². The van der Waals surface area contributed by atoms with Gasteiger partial charge in [0.05, 0.1) is 17.2 Å². The number of hydrogen-bond donors (Lipinski definition) is 1. The molecule has 0 atom stereocenters. The van der Waals surface area contributed by atoms with Crippen molar-refractivity contribution in [2.75, 3.05) is 18.4 Å². The van der Waals surface area contributed by atoms with Gasteiger partial charge in [-0.25, -0.2) is 0 Å². The van der Waals surface area contributed by atoms with Gasteiger partial charge in [0.25, 0.3) is 5.69 Å². The van der Waals surface area contributed by atoms with Crippen LogP contribution in [0, 0.1) is 23.0 Å². The Morgan fingerprint density at radius 3 is 2.78 bits per heavy atom. The summed E-state index contributed by atoms with van der Waals surface area (Å²) in [6.45, 7) is 3.79. The lowest BCUT2D eigenvalue weighted by Crippen LogP contribution is -2.37. The molecular formula is C22H22BrN5O4. The SMILES string of the molecule is Cc1ccc([N+](=O)[O-])cc1NC(=O)C1CCN(Cc2nc(-c3cccc(Br)c3)no2)CC1. The van der Waals surface area contributed by atoms with Gasteiger partial charge in [0.15, 0.2) is 0 Å². The Hall–Kier alpha value is -3.11. The van der Waals surface area contributed by atoms with Gasteiger partial charge >= 0.3 is 0 Å². The summed E-state index contributed by atoms with van der Waals surface area (Å²) in [7, 11) is 0. The summed E-state index contributed by atoms with van der Waals surface area (Å²) in [5.41, 5.74) is 2.11. The fourth-order valence-corrected chi connectivity index (χ4v) is 4.10. The molecule has 166 valence electrons. The topological polar surface area (TPSA) is 114 Å². The highest BCUT2D eigenvalue weighted by molar-refractivity contribution is 9.10. The van der Waals surface area contributed by atoms with Crippen LogP contribution in [0.15, 0.2) is 51.5 Å². The summed E-state index contributed by atoms with van der Waals surface area (Å²) in [4.78, 5) is 29.9. The van der Waals surface area contributed by atoms with E-state index in [1.54, 1.807) is 6.07 Å². The van der Waals surface area contributed by atoms with E-state index in [-0.39, 0.29) is 17.5 Å². The number of carbonyl (C=O) groups is 1. The number of nitrogens with zero attached hydrogens (tertiary/aromatic N) is 4.